The maximum absolute atomic E-state index is 12.4. The molecule has 0 bridgehead atoms. The summed E-state index contributed by atoms with van der Waals surface area (Å²) in [6.07, 6.45) is 4.81. The van der Waals surface area contributed by atoms with Crippen LogP contribution in [0.15, 0.2) is 53.0 Å². The zero-order valence-corrected chi connectivity index (χ0v) is 15.4. The van der Waals surface area contributed by atoms with Crippen LogP contribution >= 0.6 is 23.1 Å². The number of nitrogens with zero attached hydrogens (tertiary/aromatic N) is 3. The number of anilines is 1. The molecule has 0 aliphatic carbocycles. The minimum absolute atomic E-state index is 0.316. The van der Waals surface area contributed by atoms with Crippen molar-refractivity contribution in [1.82, 2.24) is 14.9 Å². The minimum Gasteiger partial charge on any atom is -0.324 e. The van der Waals surface area contributed by atoms with Crippen molar-refractivity contribution in [3.63, 3.8) is 0 Å². The third-order valence-electron chi connectivity index (χ3n) is 3.74. The average molecular weight is 396 g/mol. The van der Waals surface area contributed by atoms with Gasteiger partial charge >= 0.3 is 0 Å². The van der Waals surface area contributed by atoms with Gasteiger partial charge in [-0.2, -0.15) is 0 Å². The molecule has 7 nitrogen and oxygen atoms in total. The molecular formula is C18H12N4O3S2. The number of carbonyl (C=O) groups is 3. The van der Waals surface area contributed by atoms with Crippen molar-refractivity contribution in [2.75, 3.05) is 11.9 Å². The first-order chi connectivity index (χ1) is 13.1. The third kappa shape index (κ3) is 3.74. The molecule has 0 atom stereocenters. The number of carbonyl (C=O) groups excluding carboxylic acids is 3. The first-order valence-corrected chi connectivity index (χ1v) is 9.59. The van der Waals surface area contributed by atoms with Crippen molar-refractivity contribution < 1.29 is 14.4 Å². The molecule has 3 heterocycles. The van der Waals surface area contributed by atoms with E-state index in [1.54, 1.807) is 36.7 Å². The predicted octanol–water partition coefficient (Wildman–Crippen LogP) is 3.37. The fourth-order valence-corrected chi connectivity index (χ4v) is 4.09. The van der Waals surface area contributed by atoms with Crippen LogP contribution in [0.4, 0.5) is 10.5 Å². The molecule has 0 unspecified atom stereocenters. The molecule has 0 spiro atoms. The SMILES string of the molecule is O=C(CN1C(=O)S/C(=C\c2cccs2)C1=O)Nc1ccc2nccnc2c1. The van der Waals surface area contributed by atoms with Crippen LogP contribution in [0.25, 0.3) is 17.1 Å². The van der Waals surface area contributed by atoms with Crippen molar-refractivity contribution in [2.45, 2.75) is 0 Å². The van der Waals surface area contributed by atoms with Crippen LogP contribution in [0.2, 0.25) is 0 Å². The van der Waals surface area contributed by atoms with E-state index in [1.165, 1.54) is 11.3 Å². The second kappa shape index (κ2) is 7.29. The Balaban J connectivity index is 1.45. The van der Waals surface area contributed by atoms with Gasteiger partial charge < -0.3 is 5.32 Å². The van der Waals surface area contributed by atoms with Crippen molar-refractivity contribution >= 4 is 62.9 Å². The van der Waals surface area contributed by atoms with Crippen molar-refractivity contribution in [3.05, 3.63) is 57.9 Å². The summed E-state index contributed by atoms with van der Waals surface area (Å²) in [5, 5.41) is 4.11. The molecule has 9 heteroatoms. The molecule has 3 aromatic rings. The lowest BCUT2D eigenvalue weighted by molar-refractivity contribution is -0.127. The highest BCUT2D eigenvalue weighted by Gasteiger charge is 2.36. The molecule has 2 aromatic heterocycles. The fourth-order valence-electron chi connectivity index (χ4n) is 2.52. The van der Waals surface area contributed by atoms with Gasteiger partial charge in [-0.1, -0.05) is 6.07 Å². The Hall–Kier alpha value is -3.04. The molecule has 1 saturated heterocycles. The smallest absolute Gasteiger partial charge is 0.294 e. The van der Waals surface area contributed by atoms with Gasteiger partial charge in [-0.15, -0.1) is 11.3 Å². The first kappa shape index (κ1) is 17.4. The molecule has 0 saturated carbocycles. The Morgan fingerprint density at radius 1 is 1.15 bits per heavy atom. The molecule has 1 fully saturated rings. The number of thioether (sulfide) groups is 1. The number of aromatic nitrogens is 2. The lowest BCUT2D eigenvalue weighted by atomic mass is 10.2. The second-order valence-electron chi connectivity index (χ2n) is 5.59. The Morgan fingerprint density at radius 3 is 2.74 bits per heavy atom. The highest BCUT2D eigenvalue weighted by atomic mass is 32.2. The molecule has 27 heavy (non-hydrogen) atoms. The van der Waals surface area contributed by atoms with E-state index in [0.717, 1.165) is 21.5 Å². The van der Waals surface area contributed by atoms with E-state index in [2.05, 4.69) is 15.3 Å². The first-order valence-electron chi connectivity index (χ1n) is 7.90. The van der Waals surface area contributed by atoms with Crippen LogP contribution < -0.4 is 5.32 Å². The molecule has 3 amide bonds. The van der Waals surface area contributed by atoms with Gasteiger partial charge in [0, 0.05) is 23.0 Å². The van der Waals surface area contributed by atoms with E-state index in [4.69, 9.17) is 0 Å². The van der Waals surface area contributed by atoms with E-state index in [-0.39, 0.29) is 6.54 Å². The van der Waals surface area contributed by atoms with Crippen LogP contribution in [0, 0.1) is 0 Å². The number of hydrogen-bond acceptors (Lipinski definition) is 7. The summed E-state index contributed by atoms with van der Waals surface area (Å²) in [4.78, 5) is 47.3. The quantitative estimate of drug-likeness (QED) is 0.680. The van der Waals surface area contributed by atoms with Crippen LogP contribution in [0.3, 0.4) is 0 Å². The largest absolute Gasteiger partial charge is 0.324 e. The zero-order valence-electron chi connectivity index (χ0n) is 13.8. The molecule has 0 radical (unpaired) electrons. The summed E-state index contributed by atoms with van der Waals surface area (Å²) in [5.74, 6) is -0.921. The van der Waals surface area contributed by atoms with E-state index >= 15 is 0 Å². The minimum atomic E-state index is -0.460. The van der Waals surface area contributed by atoms with Crippen LogP contribution in [0.5, 0.6) is 0 Å². The number of nitrogens with one attached hydrogen (secondary N) is 1. The lowest BCUT2D eigenvalue weighted by Crippen LogP contribution is -2.36. The van der Waals surface area contributed by atoms with Gasteiger partial charge in [0.25, 0.3) is 11.1 Å². The molecule has 1 N–H and O–H groups in total. The number of rotatable bonds is 4. The second-order valence-corrected chi connectivity index (χ2v) is 7.56. The molecule has 1 aliphatic rings. The molecule has 1 aliphatic heterocycles. The van der Waals surface area contributed by atoms with E-state index in [9.17, 15) is 14.4 Å². The van der Waals surface area contributed by atoms with Crippen molar-refractivity contribution in [2.24, 2.45) is 0 Å². The summed E-state index contributed by atoms with van der Waals surface area (Å²) in [5.41, 5.74) is 1.87. The summed E-state index contributed by atoms with van der Waals surface area (Å²) in [6.45, 7) is -0.342. The van der Waals surface area contributed by atoms with Gasteiger partial charge in [0.05, 0.1) is 15.9 Å². The Labute approximate surface area is 162 Å². The van der Waals surface area contributed by atoms with E-state index in [1.807, 2.05) is 17.5 Å². The average Bonchev–Trinajstić information content (AvgIpc) is 3.26. The Morgan fingerprint density at radius 2 is 1.96 bits per heavy atom. The van der Waals surface area contributed by atoms with Gasteiger partial charge in [-0.3, -0.25) is 29.3 Å². The summed E-state index contributed by atoms with van der Waals surface area (Å²) < 4.78 is 0. The number of thiophene rings is 1. The Bertz CT molecular complexity index is 1080. The van der Waals surface area contributed by atoms with Gasteiger partial charge in [-0.05, 0) is 47.5 Å². The predicted molar refractivity (Wildman–Crippen MR) is 105 cm³/mol. The number of hydrogen-bond donors (Lipinski definition) is 1. The normalized spacial score (nSPS) is 15.7. The monoisotopic (exact) mass is 396 g/mol. The number of fused-ring (bicyclic) bond motifs is 1. The van der Waals surface area contributed by atoms with Crippen molar-refractivity contribution in [3.8, 4) is 0 Å². The highest BCUT2D eigenvalue weighted by molar-refractivity contribution is 8.18. The number of amides is 3. The standard InChI is InChI=1S/C18H12N4O3S2/c23-16(21-11-3-4-13-14(8-11)20-6-5-19-13)10-22-17(24)15(27-18(22)25)9-12-2-1-7-26-12/h1-9H,10H2,(H,21,23)/b15-9-. The Kier molecular flexibility index (Phi) is 4.69. The van der Waals surface area contributed by atoms with Gasteiger partial charge in [0.1, 0.15) is 6.54 Å². The van der Waals surface area contributed by atoms with Gasteiger partial charge in [0.15, 0.2) is 0 Å². The van der Waals surface area contributed by atoms with Crippen molar-refractivity contribution in [1.29, 1.82) is 0 Å². The number of imide groups is 1. The van der Waals surface area contributed by atoms with Crippen LogP contribution in [-0.2, 0) is 9.59 Å². The maximum Gasteiger partial charge on any atom is 0.294 e. The maximum atomic E-state index is 12.4. The van der Waals surface area contributed by atoms with Gasteiger partial charge in [-0.25, -0.2) is 0 Å². The molecule has 134 valence electrons. The summed E-state index contributed by atoms with van der Waals surface area (Å²) >= 11 is 2.31. The van der Waals surface area contributed by atoms with Crippen LogP contribution in [-0.4, -0.2) is 38.5 Å². The summed E-state index contributed by atoms with van der Waals surface area (Å²) in [6, 6.07) is 8.84. The third-order valence-corrected chi connectivity index (χ3v) is 5.47. The fraction of sp³-hybridized carbons (Fsp3) is 0.0556. The lowest BCUT2D eigenvalue weighted by Gasteiger charge is -2.12. The highest BCUT2D eigenvalue weighted by Crippen LogP contribution is 2.32. The zero-order chi connectivity index (χ0) is 18.8. The van der Waals surface area contributed by atoms with E-state index in [0.29, 0.717) is 21.6 Å². The molecule has 4 rings (SSSR count). The van der Waals surface area contributed by atoms with Crippen LogP contribution in [0.1, 0.15) is 4.88 Å². The summed E-state index contributed by atoms with van der Waals surface area (Å²) in [7, 11) is 0. The topological polar surface area (TPSA) is 92.3 Å². The van der Waals surface area contributed by atoms with Gasteiger partial charge in [0.2, 0.25) is 5.91 Å². The van der Waals surface area contributed by atoms with E-state index < -0.39 is 17.1 Å². The molecular weight excluding hydrogens is 384 g/mol. The molecule has 1 aromatic carbocycles. The number of benzene rings is 1.